The van der Waals surface area contributed by atoms with Crippen molar-refractivity contribution in [2.75, 3.05) is 109 Å². The smallest absolute Gasteiger partial charge is 0.119 e. The average Bonchev–Trinajstić information content (AvgIpc) is 3.06. The lowest BCUT2D eigenvalue weighted by Gasteiger charge is -2.31. The second-order valence-corrected chi connectivity index (χ2v) is 15.0. The Morgan fingerprint density at radius 1 is 0.438 bits per heavy atom. The monoisotopic (exact) mass is 657 g/mol. The van der Waals surface area contributed by atoms with E-state index >= 15 is 0 Å². The van der Waals surface area contributed by atoms with Crippen molar-refractivity contribution in [3.63, 3.8) is 0 Å². The number of rotatable bonds is 22. The van der Waals surface area contributed by atoms with Crippen molar-refractivity contribution < 1.29 is 18.4 Å². The Labute approximate surface area is 293 Å². The Morgan fingerprint density at radius 2 is 0.729 bits per heavy atom. The third-order valence-electron chi connectivity index (χ3n) is 8.79. The van der Waals surface area contributed by atoms with E-state index in [4.69, 9.17) is 9.47 Å². The molecular formula is C42H64N4O2+2. The number of benzene rings is 3. The molecule has 6 heteroatoms. The molecule has 0 fully saturated rings. The molecule has 0 saturated heterocycles. The molecule has 3 aromatic rings. The van der Waals surface area contributed by atoms with Gasteiger partial charge in [-0.25, -0.2) is 0 Å². The van der Waals surface area contributed by atoms with Crippen LogP contribution in [0.15, 0.2) is 72.8 Å². The zero-order valence-corrected chi connectivity index (χ0v) is 31.3. The summed E-state index contributed by atoms with van der Waals surface area (Å²) in [6, 6.07) is 25.4. The van der Waals surface area contributed by atoms with Gasteiger partial charge in [0.2, 0.25) is 0 Å². The van der Waals surface area contributed by atoms with Gasteiger partial charge in [-0.05, 0) is 100 Å². The summed E-state index contributed by atoms with van der Waals surface area (Å²) in [5, 5.41) is 0. The van der Waals surface area contributed by atoms with Crippen LogP contribution in [0.25, 0.3) is 24.3 Å². The van der Waals surface area contributed by atoms with Crippen LogP contribution in [0, 0.1) is 0 Å². The summed E-state index contributed by atoms with van der Waals surface area (Å²) in [5.41, 5.74) is 4.68. The fourth-order valence-electron chi connectivity index (χ4n) is 5.28. The summed E-state index contributed by atoms with van der Waals surface area (Å²) >= 11 is 0. The fraction of sp³-hybridized carbons (Fsp3) is 0.476. The summed E-state index contributed by atoms with van der Waals surface area (Å²) in [4.78, 5) is 4.51. The lowest BCUT2D eigenvalue weighted by Crippen LogP contribution is -2.44. The molecule has 262 valence electrons. The SMILES string of the molecule is CN(C)CC[N+](C)(C)CCCCOc1ccc(/C=C/c2ccc(/C=C/c3ccc(OCCCC[N+](C)(C)CCN(C)C)cc3)cc2)cc1. The Balaban J connectivity index is 1.34. The third kappa shape index (κ3) is 16.6. The number of hydrogen-bond acceptors (Lipinski definition) is 4. The molecule has 3 aromatic carbocycles. The molecule has 0 saturated carbocycles. The van der Waals surface area contributed by atoms with Crippen LogP contribution in [0.2, 0.25) is 0 Å². The van der Waals surface area contributed by atoms with Crippen LogP contribution in [0.4, 0.5) is 0 Å². The minimum absolute atomic E-state index is 0.764. The Morgan fingerprint density at radius 3 is 1.02 bits per heavy atom. The van der Waals surface area contributed by atoms with E-state index in [0.717, 1.165) is 70.7 Å². The van der Waals surface area contributed by atoms with Gasteiger partial charge in [0.25, 0.3) is 0 Å². The van der Waals surface area contributed by atoms with Gasteiger partial charge in [-0.15, -0.1) is 0 Å². The summed E-state index contributed by atoms with van der Waals surface area (Å²) in [7, 11) is 17.8. The van der Waals surface area contributed by atoms with Gasteiger partial charge in [0.15, 0.2) is 0 Å². The molecular weight excluding hydrogens is 592 g/mol. The first-order chi connectivity index (χ1) is 22.9. The lowest BCUT2D eigenvalue weighted by molar-refractivity contribution is -0.890. The second-order valence-electron chi connectivity index (χ2n) is 15.0. The topological polar surface area (TPSA) is 24.9 Å². The van der Waals surface area contributed by atoms with Crippen LogP contribution in [0.5, 0.6) is 11.5 Å². The maximum atomic E-state index is 6.00. The molecule has 0 unspecified atom stereocenters. The van der Waals surface area contributed by atoms with Gasteiger partial charge in [0.05, 0.1) is 67.6 Å². The molecule has 0 N–H and O–H groups in total. The van der Waals surface area contributed by atoms with Crippen molar-refractivity contribution in [3.8, 4) is 11.5 Å². The molecule has 3 rings (SSSR count). The summed E-state index contributed by atoms with van der Waals surface area (Å²) in [6.07, 6.45) is 13.1. The van der Waals surface area contributed by atoms with E-state index in [1.165, 1.54) is 50.1 Å². The summed E-state index contributed by atoms with van der Waals surface area (Å²) < 4.78 is 14.1. The fourth-order valence-corrected chi connectivity index (χ4v) is 5.28. The van der Waals surface area contributed by atoms with E-state index in [-0.39, 0.29) is 0 Å². The highest BCUT2D eigenvalue weighted by atomic mass is 16.5. The number of hydrogen-bond donors (Lipinski definition) is 0. The zero-order chi connectivity index (χ0) is 34.8. The minimum Gasteiger partial charge on any atom is -0.494 e. The van der Waals surface area contributed by atoms with Crippen LogP contribution >= 0.6 is 0 Å². The van der Waals surface area contributed by atoms with Gasteiger partial charge >= 0.3 is 0 Å². The first-order valence-electron chi connectivity index (χ1n) is 17.7. The third-order valence-corrected chi connectivity index (χ3v) is 8.79. The molecule has 0 heterocycles. The van der Waals surface area contributed by atoms with Crippen molar-refractivity contribution in [1.82, 2.24) is 9.80 Å². The first-order valence-corrected chi connectivity index (χ1v) is 17.7. The normalized spacial score (nSPS) is 12.5. The summed E-state index contributed by atoms with van der Waals surface area (Å²) in [5.74, 6) is 1.88. The molecule has 0 aliphatic rings. The second kappa shape index (κ2) is 20.2. The van der Waals surface area contributed by atoms with Crippen molar-refractivity contribution >= 4 is 24.3 Å². The Kier molecular flexibility index (Phi) is 16.4. The highest BCUT2D eigenvalue weighted by Crippen LogP contribution is 2.18. The molecule has 0 aliphatic carbocycles. The minimum atomic E-state index is 0.764. The molecule has 0 spiro atoms. The Bertz CT molecular complexity index is 1250. The van der Waals surface area contributed by atoms with Gasteiger partial charge in [-0.1, -0.05) is 72.8 Å². The van der Waals surface area contributed by atoms with E-state index in [2.05, 4.69) is 163 Å². The van der Waals surface area contributed by atoms with E-state index in [1.807, 2.05) is 0 Å². The zero-order valence-electron chi connectivity index (χ0n) is 31.3. The number of ether oxygens (including phenoxy) is 2. The van der Waals surface area contributed by atoms with Crippen LogP contribution in [0.1, 0.15) is 47.9 Å². The summed E-state index contributed by atoms with van der Waals surface area (Å²) in [6.45, 7) is 8.48. The van der Waals surface area contributed by atoms with Crippen molar-refractivity contribution in [2.45, 2.75) is 25.7 Å². The first kappa shape index (κ1) is 39.0. The molecule has 0 amide bonds. The largest absolute Gasteiger partial charge is 0.494 e. The van der Waals surface area contributed by atoms with Crippen LogP contribution in [-0.4, -0.2) is 128 Å². The van der Waals surface area contributed by atoms with Crippen molar-refractivity contribution in [3.05, 3.63) is 95.1 Å². The molecule has 0 atom stereocenters. The van der Waals surface area contributed by atoms with Crippen LogP contribution < -0.4 is 9.47 Å². The van der Waals surface area contributed by atoms with E-state index in [0.29, 0.717) is 0 Å². The number of likely N-dealkylation sites (N-methyl/N-ethyl adjacent to an activating group) is 4. The maximum Gasteiger partial charge on any atom is 0.119 e. The number of quaternary nitrogens is 2. The molecule has 0 aromatic heterocycles. The maximum absolute atomic E-state index is 6.00. The van der Waals surface area contributed by atoms with E-state index in [1.54, 1.807) is 0 Å². The standard InChI is InChI=1S/C42H64N4O2/c1-43(2)29-33-45(5,6)31-9-11-35-47-41-25-21-39(22-26-41)19-17-37-13-15-38(16-14-37)18-20-40-23-27-42(28-24-40)48-36-12-10-32-46(7,8)34-30-44(3)4/h13-28H,9-12,29-36H2,1-8H3/q+2/b19-17+,20-18+. The number of unbranched alkanes of at least 4 members (excludes halogenated alkanes) is 2. The van der Waals surface area contributed by atoms with Crippen molar-refractivity contribution in [2.24, 2.45) is 0 Å². The molecule has 0 aliphatic heterocycles. The van der Waals surface area contributed by atoms with E-state index < -0.39 is 0 Å². The van der Waals surface area contributed by atoms with Crippen LogP contribution in [0.3, 0.4) is 0 Å². The quantitative estimate of drug-likeness (QED) is 0.0631. The van der Waals surface area contributed by atoms with Gasteiger partial charge in [0.1, 0.15) is 11.5 Å². The van der Waals surface area contributed by atoms with E-state index in [9.17, 15) is 0 Å². The highest BCUT2D eigenvalue weighted by molar-refractivity contribution is 5.73. The molecule has 6 nitrogen and oxygen atoms in total. The number of nitrogens with zero attached hydrogens (tertiary/aromatic N) is 4. The average molecular weight is 657 g/mol. The van der Waals surface area contributed by atoms with Gasteiger partial charge in [-0.2, -0.15) is 0 Å². The van der Waals surface area contributed by atoms with Gasteiger partial charge in [0, 0.05) is 13.1 Å². The lowest BCUT2D eigenvalue weighted by atomic mass is 10.1. The predicted molar refractivity (Wildman–Crippen MR) is 207 cm³/mol. The van der Waals surface area contributed by atoms with Gasteiger partial charge < -0.3 is 28.2 Å². The highest BCUT2D eigenvalue weighted by Gasteiger charge is 2.15. The molecule has 0 radical (unpaired) electrons. The van der Waals surface area contributed by atoms with Crippen LogP contribution in [-0.2, 0) is 0 Å². The van der Waals surface area contributed by atoms with Crippen molar-refractivity contribution in [1.29, 1.82) is 0 Å². The molecule has 0 bridgehead atoms. The predicted octanol–water partition coefficient (Wildman–Crippen LogP) is 7.62. The molecule has 48 heavy (non-hydrogen) atoms. The van der Waals surface area contributed by atoms with Gasteiger partial charge in [-0.3, -0.25) is 0 Å². The Hall–Kier alpha value is -3.42.